The van der Waals surface area contributed by atoms with Crippen molar-refractivity contribution in [1.82, 2.24) is 4.90 Å². The second-order valence-electron chi connectivity index (χ2n) is 5.58. The molecular weight excluding hydrogens is 234 g/mol. The molecule has 0 aromatic heterocycles. The van der Waals surface area contributed by atoms with Gasteiger partial charge in [-0.2, -0.15) is 0 Å². The van der Waals surface area contributed by atoms with E-state index < -0.39 is 17.7 Å². The number of likely N-dealkylation sites (tertiary alicyclic amines) is 1. The van der Waals surface area contributed by atoms with Crippen molar-refractivity contribution >= 4 is 12.1 Å². The minimum Gasteiger partial charge on any atom is -0.464 e. The fourth-order valence-electron chi connectivity index (χ4n) is 2.08. The molecule has 5 nitrogen and oxygen atoms in total. The van der Waals surface area contributed by atoms with Gasteiger partial charge in [-0.3, -0.25) is 4.90 Å². The number of esters is 1. The van der Waals surface area contributed by atoms with E-state index in [9.17, 15) is 9.59 Å². The molecule has 1 fully saturated rings. The van der Waals surface area contributed by atoms with Crippen LogP contribution in [0.2, 0.25) is 0 Å². The second kappa shape index (κ2) is 5.59. The van der Waals surface area contributed by atoms with E-state index in [4.69, 9.17) is 9.47 Å². The van der Waals surface area contributed by atoms with Crippen LogP contribution in [0, 0.1) is 0 Å². The molecule has 0 radical (unpaired) electrons. The quantitative estimate of drug-likeness (QED) is 0.712. The summed E-state index contributed by atoms with van der Waals surface area (Å²) in [6, 6.07) is -0.496. The van der Waals surface area contributed by atoms with E-state index >= 15 is 0 Å². The highest BCUT2D eigenvalue weighted by Crippen LogP contribution is 2.27. The molecule has 0 unspecified atom stereocenters. The van der Waals surface area contributed by atoms with E-state index in [1.165, 1.54) is 4.90 Å². The smallest absolute Gasteiger partial charge is 0.411 e. The van der Waals surface area contributed by atoms with Gasteiger partial charge >= 0.3 is 12.1 Å². The molecule has 1 aliphatic heterocycles. The molecule has 0 N–H and O–H groups in total. The Morgan fingerprint density at radius 2 is 1.89 bits per heavy atom. The lowest BCUT2D eigenvalue weighted by molar-refractivity contribution is -0.148. The Morgan fingerprint density at radius 3 is 2.39 bits per heavy atom. The molecule has 1 amide bonds. The Balaban J connectivity index is 2.76. The number of carbonyl (C=O) groups excluding carboxylic acids is 2. The van der Waals surface area contributed by atoms with Crippen molar-refractivity contribution in [3.8, 4) is 0 Å². The van der Waals surface area contributed by atoms with Gasteiger partial charge in [0.2, 0.25) is 0 Å². The minimum atomic E-state index is -0.557. The lowest BCUT2D eigenvalue weighted by atomic mass is 10.2. The Morgan fingerprint density at radius 1 is 1.28 bits per heavy atom. The van der Waals surface area contributed by atoms with E-state index in [1.54, 1.807) is 6.92 Å². The van der Waals surface area contributed by atoms with Gasteiger partial charge in [-0.15, -0.1) is 0 Å². The number of nitrogens with zero attached hydrogens (tertiary/aromatic N) is 1. The van der Waals surface area contributed by atoms with Gasteiger partial charge in [0, 0.05) is 6.04 Å². The molecule has 0 aliphatic carbocycles. The Kier molecular flexibility index (Phi) is 4.59. The molecule has 0 saturated carbocycles. The first kappa shape index (κ1) is 14.8. The van der Waals surface area contributed by atoms with Crippen molar-refractivity contribution in [2.45, 2.75) is 65.1 Å². The number of hydrogen-bond donors (Lipinski definition) is 0. The average molecular weight is 257 g/mol. The van der Waals surface area contributed by atoms with Crippen LogP contribution in [-0.2, 0) is 14.3 Å². The van der Waals surface area contributed by atoms with Crippen LogP contribution in [-0.4, -0.2) is 41.3 Å². The first-order valence-corrected chi connectivity index (χ1v) is 6.44. The summed E-state index contributed by atoms with van der Waals surface area (Å²) in [7, 11) is 0. The molecule has 0 aromatic rings. The highest BCUT2D eigenvalue weighted by molar-refractivity contribution is 5.82. The normalized spacial score (nSPS) is 23.9. The second-order valence-corrected chi connectivity index (χ2v) is 5.58. The lowest BCUT2D eigenvalue weighted by Crippen LogP contribution is -2.46. The van der Waals surface area contributed by atoms with Gasteiger partial charge in [0.05, 0.1) is 6.61 Å². The number of rotatable bonds is 2. The maximum Gasteiger partial charge on any atom is 0.411 e. The minimum absolute atomic E-state index is 0.00857. The first-order chi connectivity index (χ1) is 8.26. The van der Waals surface area contributed by atoms with Crippen LogP contribution in [0.3, 0.4) is 0 Å². The van der Waals surface area contributed by atoms with Crippen LogP contribution >= 0.6 is 0 Å². The highest BCUT2D eigenvalue weighted by atomic mass is 16.6. The van der Waals surface area contributed by atoms with Gasteiger partial charge in [-0.1, -0.05) is 0 Å². The molecule has 0 bridgehead atoms. The summed E-state index contributed by atoms with van der Waals surface area (Å²) >= 11 is 0. The summed E-state index contributed by atoms with van der Waals surface area (Å²) in [5, 5.41) is 0. The third kappa shape index (κ3) is 3.62. The molecule has 1 saturated heterocycles. The standard InChI is InChI=1S/C13H23NO4/c1-6-17-11(15)10-8-7-9(2)14(10)12(16)18-13(3,4)5/h9-10H,6-8H2,1-5H3/t9-,10-/m1/s1. The molecule has 1 aliphatic rings. The van der Waals surface area contributed by atoms with Crippen molar-refractivity contribution in [3.63, 3.8) is 0 Å². The molecule has 1 rings (SSSR count). The number of hydrogen-bond acceptors (Lipinski definition) is 4. The van der Waals surface area contributed by atoms with Gasteiger partial charge < -0.3 is 9.47 Å². The zero-order valence-electron chi connectivity index (χ0n) is 11.9. The van der Waals surface area contributed by atoms with E-state index in [0.29, 0.717) is 13.0 Å². The summed E-state index contributed by atoms with van der Waals surface area (Å²) in [6.45, 7) is 9.43. The van der Waals surface area contributed by atoms with Crippen molar-refractivity contribution in [3.05, 3.63) is 0 Å². The van der Waals surface area contributed by atoms with Crippen LogP contribution in [0.5, 0.6) is 0 Å². The molecule has 18 heavy (non-hydrogen) atoms. The van der Waals surface area contributed by atoms with Gasteiger partial charge in [0.15, 0.2) is 0 Å². The number of amides is 1. The molecule has 0 aromatic carbocycles. The van der Waals surface area contributed by atoms with Crippen LogP contribution in [0.15, 0.2) is 0 Å². The largest absolute Gasteiger partial charge is 0.464 e. The summed E-state index contributed by atoms with van der Waals surface area (Å²) in [6.07, 6.45) is 0.993. The fourth-order valence-corrected chi connectivity index (χ4v) is 2.08. The van der Waals surface area contributed by atoms with E-state index in [2.05, 4.69) is 0 Å². The van der Waals surface area contributed by atoms with Crippen LogP contribution in [0.25, 0.3) is 0 Å². The average Bonchev–Trinajstić information content (AvgIpc) is 2.58. The summed E-state index contributed by atoms with van der Waals surface area (Å²) in [4.78, 5) is 25.4. The van der Waals surface area contributed by atoms with E-state index in [-0.39, 0.29) is 12.0 Å². The van der Waals surface area contributed by atoms with Crippen molar-refractivity contribution in [2.75, 3.05) is 6.61 Å². The van der Waals surface area contributed by atoms with Crippen LogP contribution in [0.4, 0.5) is 4.79 Å². The highest BCUT2D eigenvalue weighted by Gasteiger charge is 2.41. The van der Waals surface area contributed by atoms with Crippen LogP contribution < -0.4 is 0 Å². The molecule has 5 heteroatoms. The van der Waals surface area contributed by atoms with Gasteiger partial charge in [-0.25, -0.2) is 9.59 Å². The number of ether oxygens (including phenoxy) is 2. The molecular formula is C13H23NO4. The van der Waals surface area contributed by atoms with Crippen LogP contribution in [0.1, 0.15) is 47.5 Å². The van der Waals surface area contributed by atoms with Gasteiger partial charge in [-0.05, 0) is 47.5 Å². The van der Waals surface area contributed by atoms with Crippen molar-refractivity contribution in [1.29, 1.82) is 0 Å². The Hall–Kier alpha value is -1.26. The third-order valence-electron chi connectivity index (χ3n) is 2.83. The topological polar surface area (TPSA) is 55.8 Å². The first-order valence-electron chi connectivity index (χ1n) is 6.44. The molecule has 0 spiro atoms. The lowest BCUT2D eigenvalue weighted by Gasteiger charge is -2.30. The molecule has 1 heterocycles. The maximum absolute atomic E-state index is 12.1. The maximum atomic E-state index is 12.1. The summed E-state index contributed by atoms with van der Waals surface area (Å²) in [5.41, 5.74) is -0.557. The van der Waals surface area contributed by atoms with E-state index in [0.717, 1.165) is 6.42 Å². The van der Waals surface area contributed by atoms with Crippen molar-refractivity contribution < 1.29 is 19.1 Å². The number of carbonyl (C=O) groups is 2. The van der Waals surface area contributed by atoms with E-state index in [1.807, 2.05) is 27.7 Å². The zero-order valence-corrected chi connectivity index (χ0v) is 11.9. The SMILES string of the molecule is CCOC(=O)[C@H]1CC[C@@H](C)N1C(=O)OC(C)(C)C. The monoisotopic (exact) mass is 257 g/mol. The molecule has 104 valence electrons. The Labute approximate surface area is 108 Å². The summed E-state index contributed by atoms with van der Waals surface area (Å²) in [5.74, 6) is -0.340. The predicted molar refractivity (Wildman–Crippen MR) is 67.2 cm³/mol. The fraction of sp³-hybridized carbons (Fsp3) is 0.846. The van der Waals surface area contributed by atoms with Gasteiger partial charge in [0.25, 0.3) is 0 Å². The van der Waals surface area contributed by atoms with Gasteiger partial charge in [0.1, 0.15) is 11.6 Å². The summed E-state index contributed by atoms with van der Waals surface area (Å²) < 4.78 is 10.3. The zero-order chi connectivity index (χ0) is 13.9. The predicted octanol–water partition coefficient (Wildman–Crippen LogP) is 2.34. The molecule has 2 atom stereocenters. The van der Waals surface area contributed by atoms with Crippen molar-refractivity contribution in [2.24, 2.45) is 0 Å². The Bertz CT molecular complexity index is 321. The third-order valence-corrected chi connectivity index (χ3v) is 2.83.